The molecule has 1 atom stereocenters. The summed E-state index contributed by atoms with van der Waals surface area (Å²) in [6.07, 6.45) is 3.87. The maximum absolute atomic E-state index is 5.63. The maximum Gasteiger partial charge on any atom is 0.0494 e. The quantitative estimate of drug-likeness (QED) is 0.723. The van der Waals surface area contributed by atoms with Crippen LogP contribution in [0.15, 0.2) is 6.07 Å². The zero-order chi connectivity index (χ0) is 13.0. The van der Waals surface area contributed by atoms with Gasteiger partial charge in [-0.3, -0.25) is 0 Å². The van der Waals surface area contributed by atoms with E-state index in [1.807, 2.05) is 11.3 Å². The Morgan fingerprint density at radius 2 is 2.22 bits per heavy atom. The Morgan fingerprint density at radius 3 is 2.83 bits per heavy atom. The minimum Gasteiger partial charge on any atom is -0.381 e. The average molecular weight is 267 g/mol. The van der Waals surface area contributed by atoms with Gasteiger partial charge in [0.1, 0.15) is 0 Å². The van der Waals surface area contributed by atoms with Crippen molar-refractivity contribution >= 4 is 11.3 Å². The second kappa shape index (κ2) is 6.69. The molecule has 1 fully saturated rings. The fourth-order valence-corrected chi connectivity index (χ4v) is 3.24. The van der Waals surface area contributed by atoms with Crippen molar-refractivity contribution in [3.63, 3.8) is 0 Å². The van der Waals surface area contributed by atoms with E-state index >= 15 is 0 Å². The van der Waals surface area contributed by atoms with Crippen LogP contribution in [0.1, 0.15) is 47.5 Å². The summed E-state index contributed by atoms with van der Waals surface area (Å²) < 4.78 is 5.63. The zero-order valence-electron chi connectivity index (χ0n) is 11.8. The first-order chi connectivity index (χ1) is 8.66. The van der Waals surface area contributed by atoms with Gasteiger partial charge in [-0.05, 0) is 64.1 Å². The molecule has 1 heterocycles. The van der Waals surface area contributed by atoms with Gasteiger partial charge in [0.05, 0.1) is 0 Å². The summed E-state index contributed by atoms with van der Waals surface area (Å²) in [5.74, 6) is 0.883. The Balaban J connectivity index is 1.58. The summed E-state index contributed by atoms with van der Waals surface area (Å²) in [5, 5.41) is 3.58. The molecule has 0 amide bonds. The SMILES string of the molecule is Cc1cc(C(C)NCCCOCC2CC2)c(C)s1. The van der Waals surface area contributed by atoms with Crippen LogP contribution < -0.4 is 5.32 Å². The standard InChI is InChI=1S/C15H25NOS/c1-11-9-15(13(3)18-11)12(2)16-7-4-8-17-10-14-5-6-14/h9,12,14,16H,4-8,10H2,1-3H3. The van der Waals surface area contributed by atoms with E-state index in [4.69, 9.17) is 4.74 Å². The van der Waals surface area contributed by atoms with E-state index in [1.54, 1.807) is 0 Å². The number of hydrogen-bond acceptors (Lipinski definition) is 3. The molecule has 102 valence electrons. The first kappa shape index (κ1) is 14.0. The molecule has 0 radical (unpaired) electrons. The summed E-state index contributed by atoms with van der Waals surface area (Å²) in [6.45, 7) is 9.57. The summed E-state index contributed by atoms with van der Waals surface area (Å²) in [7, 11) is 0. The van der Waals surface area contributed by atoms with E-state index in [0.717, 1.165) is 32.1 Å². The Kier molecular flexibility index (Phi) is 5.22. The third-order valence-corrected chi connectivity index (χ3v) is 4.49. The fraction of sp³-hybridized carbons (Fsp3) is 0.733. The number of thiophene rings is 1. The molecule has 1 aromatic rings. The molecule has 2 rings (SSSR count). The molecule has 2 nitrogen and oxygen atoms in total. The number of nitrogens with one attached hydrogen (secondary N) is 1. The van der Waals surface area contributed by atoms with E-state index in [9.17, 15) is 0 Å². The van der Waals surface area contributed by atoms with Crippen LogP contribution in [0.3, 0.4) is 0 Å². The van der Waals surface area contributed by atoms with Crippen LogP contribution in [-0.2, 0) is 4.74 Å². The largest absolute Gasteiger partial charge is 0.381 e. The molecule has 18 heavy (non-hydrogen) atoms. The van der Waals surface area contributed by atoms with Crippen LogP contribution in [0, 0.1) is 19.8 Å². The van der Waals surface area contributed by atoms with Gasteiger partial charge in [0.15, 0.2) is 0 Å². The second-order valence-electron chi connectivity index (χ2n) is 5.42. The first-order valence-corrected chi connectivity index (χ1v) is 7.86. The molecule has 1 unspecified atom stereocenters. The summed E-state index contributed by atoms with van der Waals surface area (Å²) >= 11 is 1.89. The number of aryl methyl sites for hydroxylation is 2. The fourth-order valence-electron chi connectivity index (χ4n) is 2.22. The van der Waals surface area contributed by atoms with E-state index in [2.05, 4.69) is 32.2 Å². The van der Waals surface area contributed by atoms with Crippen molar-refractivity contribution in [3.05, 3.63) is 21.4 Å². The third kappa shape index (κ3) is 4.38. The lowest BCUT2D eigenvalue weighted by molar-refractivity contribution is 0.121. The van der Waals surface area contributed by atoms with E-state index in [-0.39, 0.29) is 0 Å². The van der Waals surface area contributed by atoms with Crippen LogP contribution in [0.5, 0.6) is 0 Å². The maximum atomic E-state index is 5.63. The van der Waals surface area contributed by atoms with Gasteiger partial charge >= 0.3 is 0 Å². The summed E-state index contributed by atoms with van der Waals surface area (Å²) in [6, 6.07) is 2.76. The second-order valence-corrected chi connectivity index (χ2v) is 6.88. The van der Waals surface area contributed by atoms with Gasteiger partial charge in [0.25, 0.3) is 0 Å². The van der Waals surface area contributed by atoms with Gasteiger partial charge in [-0.25, -0.2) is 0 Å². The van der Waals surface area contributed by atoms with Crippen molar-refractivity contribution in [2.24, 2.45) is 5.92 Å². The minimum atomic E-state index is 0.457. The Morgan fingerprint density at radius 1 is 1.44 bits per heavy atom. The molecular formula is C15H25NOS. The normalized spacial score (nSPS) is 17.1. The molecule has 0 saturated heterocycles. The van der Waals surface area contributed by atoms with Gasteiger partial charge in [-0.15, -0.1) is 11.3 Å². The van der Waals surface area contributed by atoms with Crippen molar-refractivity contribution in [2.45, 2.75) is 46.1 Å². The topological polar surface area (TPSA) is 21.3 Å². The molecule has 0 aromatic carbocycles. The van der Waals surface area contributed by atoms with Crippen molar-refractivity contribution in [1.82, 2.24) is 5.32 Å². The van der Waals surface area contributed by atoms with E-state index < -0.39 is 0 Å². The predicted molar refractivity (Wildman–Crippen MR) is 78.4 cm³/mol. The van der Waals surface area contributed by atoms with Crippen molar-refractivity contribution in [2.75, 3.05) is 19.8 Å². The Hall–Kier alpha value is -0.380. The lowest BCUT2D eigenvalue weighted by atomic mass is 10.1. The van der Waals surface area contributed by atoms with E-state index in [0.29, 0.717) is 6.04 Å². The lowest BCUT2D eigenvalue weighted by Crippen LogP contribution is -2.21. The first-order valence-electron chi connectivity index (χ1n) is 7.05. The zero-order valence-corrected chi connectivity index (χ0v) is 12.6. The highest BCUT2D eigenvalue weighted by Crippen LogP contribution is 2.28. The molecule has 0 spiro atoms. The Bertz CT molecular complexity index is 371. The molecule has 3 heteroatoms. The van der Waals surface area contributed by atoms with Crippen LogP contribution >= 0.6 is 11.3 Å². The van der Waals surface area contributed by atoms with Crippen molar-refractivity contribution in [3.8, 4) is 0 Å². The van der Waals surface area contributed by atoms with Gasteiger partial charge in [0.2, 0.25) is 0 Å². The van der Waals surface area contributed by atoms with Crippen LogP contribution in [0.4, 0.5) is 0 Å². The third-order valence-electron chi connectivity index (χ3n) is 3.51. The lowest BCUT2D eigenvalue weighted by Gasteiger charge is -2.13. The highest BCUT2D eigenvalue weighted by molar-refractivity contribution is 7.12. The molecule has 0 bridgehead atoms. The molecule has 0 aliphatic heterocycles. The molecule has 1 N–H and O–H groups in total. The average Bonchev–Trinajstić information content (AvgIpc) is 3.08. The smallest absolute Gasteiger partial charge is 0.0494 e. The highest BCUT2D eigenvalue weighted by Gasteiger charge is 2.20. The van der Waals surface area contributed by atoms with Gasteiger partial charge < -0.3 is 10.1 Å². The molecule has 1 aliphatic rings. The predicted octanol–water partition coefficient (Wildman–Crippen LogP) is 3.83. The van der Waals surface area contributed by atoms with Gasteiger partial charge in [-0.2, -0.15) is 0 Å². The van der Waals surface area contributed by atoms with E-state index in [1.165, 1.54) is 28.2 Å². The van der Waals surface area contributed by atoms with Crippen LogP contribution in [0.25, 0.3) is 0 Å². The molecular weight excluding hydrogens is 242 g/mol. The number of hydrogen-bond donors (Lipinski definition) is 1. The minimum absolute atomic E-state index is 0.457. The van der Waals surface area contributed by atoms with Crippen molar-refractivity contribution in [1.29, 1.82) is 0 Å². The van der Waals surface area contributed by atoms with Crippen LogP contribution in [-0.4, -0.2) is 19.8 Å². The number of ether oxygens (including phenoxy) is 1. The Labute approximate surface area is 115 Å². The van der Waals surface area contributed by atoms with Gasteiger partial charge in [0, 0.05) is 29.0 Å². The summed E-state index contributed by atoms with van der Waals surface area (Å²) in [5.41, 5.74) is 1.45. The monoisotopic (exact) mass is 267 g/mol. The number of rotatable bonds is 8. The molecule has 1 saturated carbocycles. The molecule has 1 aromatic heterocycles. The molecule has 1 aliphatic carbocycles. The summed E-state index contributed by atoms with van der Waals surface area (Å²) in [4.78, 5) is 2.85. The highest BCUT2D eigenvalue weighted by atomic mass is 32.1. The van der Waals surface area contributed by atoms with Crippen LogP contribution in [0.2, 0.25) is 0 Å². The van der Waals surface area contributed by atoms with Crippen molar-refractivity contribution < 1.29 is 4.74 Å². The van der Waals surface area contributed by atoms with Gasteiger partial charge in [-0.1, -0.05) is 0 Å².